The SMILES string of the molecule is O=C(NCCSc1ccccc1)c1ccc(S(=O)(=O)N2CCOCC2)cc1. The van der Waals surface area contributed by atoms with Gasteiger partial charge in [-0.1, -0.05) is 18.2 Å². The summed E-state index contributed by atoms with van der Waals surface area (Å²) in [5.74, 6) is 0.554. The molecule has 1 aliphatic heterocycles. The standard InChI is InChI=1S/C19H22N2O4S2/c22-19(20-10-15-26-17-4-2-1-3-5-17)16-6-8-18(9-7-16)27(23,24)21-11-13-25-14-12-21/h1-9H,10-15H2,(H,20,22). The number of sulfonamides is 1. The Morgan fingerprint density at radius 1 is 1.04 bits per heavy atom. The lowest BCUT2D eigenvalue weighted by Crippen LogP contribution is -2.40. The Hall–Kier alpha value is -1.87. The molecule has 0 atom stereocenters. The zero-order valence-corrected chi connectivity index (χ0v) is 16.5. The minimum absolute atomic E-state index is 0.195. The zero-order chi connectivity index (χ0) is 19.1. The molecule has 6 nitrogen and oxygen atoms in total. The number of ether oxygens (including phenoxy) is 1. The van der Waals surface area contributed by atoms with E-state index < -0.39 is 10.0 Å². The molecule has 0 unspecified atom stereocenters. The van der Waals surface area contributed by atoms with Gasteiger partial charge >= 0.3 is 0 Å². The van der Waals surface area contributed by atoms with E-state index in [2.05, 4.69) is 5.32 Å². The van der Waals surface area contributed by atoms with Crippen molar-refractivity contribution in [1.82, 2.24) is 9.62 Å². The van der Waals surface area contributed by atoms with Gasteiger partial charge in [-0.3, -0.25) is 4.79 Å². The van der Waals surface area contributed by atoms with E-state index in [-0.39, 0.29) is 10.8 Å². The van der Waals surface area contributed by atoms with E-state index in [9.17, 15) is 13.2 Å². The predicted octanol–water partition coefficient (Wildman–Crippen LogP) is 2.23. The normalized spacial score (nSPS) is 15.4. The molecule has 1 aliphatic rings. The quantitative estimate of drug-likeness (QED) is 0.564. The molecule has 27 heavy (non-hydrogen) atoms. The zero-order valence-electron chi connectivity index (χ0n) is 14.8. The Labute approximate surface area is 164 Å². The van der Waals surface area contributed by atoms with Gasteiger partial charge < -0.3 is 10.1 Å². The maximum absolute atomic E-state index is 12.6. The molecule has 1 heterocycles. The lowest BCUT2D eigenvalue weighted by molar-refractivity contribution is 0.0730. The fraction of sp³-hybridized carbons (Fsp3) is 0.316. The first-order chi connectivity index (χ1) is 13.1. The van der Waals surface area contributed by atoms with Crippen molar-refractivity contribution in [2.24, 2.45) is 0 Å². The molecule has 0 radical (unpaired) electrons. The second kappa shape index (κ2) is 9.36. The molecule has 3 rings (SSSR count). The third-order valence-corrected chi connectivity index (χ3v) is 7.05. The summed E-state index contributed by atoms with van der Waals surface area (Å²) in [4.78, 5) is 13.6. The first kappa shape index (κ1) is 19.9. The van der Waals surface area contributed by atoms with Crippen molar-refractivity contribution in [3.8, 4) is 0 Å². The predicted molar refractivity (Wildman–Crippen MR) is 106 cm³/mol. The van der Waals surface area contributed by atoms with Crippen molar-refractivity contribution in [2.45, 2.75) is 9.79 Å². The van der Waals surface area contributed by atoms with E-state index in [0.717, 1.165) is 10.6 Å². The van der Waals surface area contributed by atoms with E-state index in [4.69, 9.17) is 4.74 Å². The maximum Gasteiger partial charge on any atom is 0.251 e. The number of hydrogen-bond donors (Lipinski definition) is 1. The van der Waals surface area contributed by atoms with Gasteiger partial charge in [0.2, 0.25) is 10.0 Å². The van der Waals surface area contributed by atoms with Gasteiger partial charge in [-0.25, -0.2) is 8.42 Å². The molecule has 2 aromatic carbocycles. The summed E-state index contributed by atoms with van der Waals surface area (Å²) >= 11 is 1.67. The van der Waals surface area contributed by atoms with Crippen molar-refractivity contribution in [3.05, 3.63) is 60.2 Å². The Balaban J connectivity index is 1.52. The average molecular weight is 407 g/mol. The molecule has 0 aliphatic carbocycles. The molecule has 1 amide bonds. The van der Waals surface area contributed by atoms with Gasteiger partial charge in [0.25, 0.3) is 5.91 Å². The fourth-order valence-electron chi connectivity index (χ4n) is 2.67. The Bertz CT molecular complexity index is 849. The van der Waals surface area contributed by atoms with Gasteiger partial charge in [-0.15, -0.1) is 11.8 Å². The molecular formula is C19H22N2O4S2. The average Bonchev–Trinajstić information content (AvgIpc) is 2.72. The van der Waals surface area contributed by atoms with E-state index in [0.29, 0.717) is 38.4 Å². The molecule has 0 bridgehead atoms. The molecule has 144 valence electrons. The number of thioether (sulfide) groups is 1. The number of benzene rings is 2. The highest BCUT2D eigenvalue weighted by molar-refractivity contribution is 7.99. The smallest absolute Gasteiger partial charge is 0.251 e. The van der Waals surface area contributed by atoms with Crippen LogP contribution in [0.25, 0.3) is 0 Å². The van der Waals surface area contributed by atoms with Crippen LogP contribution in [0.1, 0.15) is 10.4 Å². The number of morpholine rings is 1. The van der Waals surface area contributed by atoms with Crippen LogP contribution in [0.15, 0.2) is 64.4 Å². The Kier molecular flexibility index (Phi) is 6.89. The summed E-state index contributed by atoms with van der Waals surface area (Å²) in [7, 11) is -3.54. The number of rotatable bonds is 7. The van der Waals surface area contributed by atoms with E-state index in [1.807, 2.05) is 30.3 Å². The lowest BCUT2D eigenvalue weighted by atomic mass is 10.2. The lowest BCUT2D eigenvalue weighted by Gasteiger charge is -2.26. The van der Waals surface area contributed by atoms with Crippen molar-refractivity contribution in [2.75, 3.05) is 38.6 Å². The highest BCUT2D eigenvalue weighted by Gasteiger charge is 2.26. The van der Waals surface area contributed by atoms with Gasteiger partial charge in [-0.2, -0.15) is 4.31 Å². The number of carbonyl (C=O) groups is 1. The van der Waals surface area contributed by atoms with Crippen LogP contribution in [0.4, 0.5) is 0 Å². The molecular weight excluding hydrogens is 384 g/mol. The summed E-state index contributed by atoms with van der Waals surface area (Å²) in [6.07, 6.45) is 0. The van der Waals surface area contributed by atoms with Crippen LogP contribution in [0, 0.1) is 0 Å². The van der Waals surface area contributed by atoms with Crippen molar-refractivity contribution in [1.29, 1.82) is 0 Å². The number of amides is 1. The van der Waals surface area contributed by atoms with Crippen LogP contribution in [0.5, 0.6) is 0 Å². The Morgan fingerprint density at radius 2 is 1.70 bits per heavy atom. The molecule has 0 saturated carbocycles. The van der Waals surface area contributed by atoms with Crippen LogP contribution in [0.2, 0.25) is 0 Å². The minimum atomic E-state index is -3.54. The van der Waals surface area contributed by atoms with Crippen LogP contribution >= 0.6 is 11.8 Å². The highest BCUT2D eigenvalue weighted by Crippen LogP contribution is 2.18. The van der Waals surface area contributed by atoms with Gasteiger partial charge in [0.1, 0.15) is 0 Å². The van der Waals surface area contributed by atoms with Crippen LogP contribution in [-0.4, -0.2) is 57.2 Å². The van der Waals surface area contributed by atoms with Crippen LogP contribution < -0.4 is 5.32 Å². The van der Waals surface area contributed by atoms with Gasteiger partial charge in [0.15, 0.2) is 0 Å². The summed E-state index contributed by atoms with van der Waals surface area (Å²) < 4.78 is 31.8. The molecule has 2 aromatic rings. The van der Waals surface area contributed by atoms with Crippen LogP contribution in [-0.2, 0) is 14.8 Å². The van der Waals surface area contributed by atoms with Gasteiger partial charge in [0, 0.05) is 35.8 Å². The van der Waals surface area contributed by atoms with E-state index in [1.165, 1.54) is 16.4 Å². The molecule has 1 N–H and O–H groups in total. The summed E-state index contributed by atoms with van der Waals surface area (Å²) in [6, 6.07) is 16.0. The maximum atomic E-state index is 12.6. The second-order valence-corrected chi connectivity index (χ2v) is 9.06. The van der Waals surface area contributed by atoms with Gasteiger partial charge in [-0.05, 0) is 36.4 Å². The third-order valence-electron chi connectivity index (χ3n) is 4.12. The minimum Gasteiger partial charge on any atom is -0.379 e. The number of carbonyl (C=O) groups excluding carboxylic acids is 1. The van der Waals surface area contributed by atoms with Gasteiger partial charge in [0.05, 0.1) is 18.1 Å². The summed E-state index contributed by atoms with van der Waals surface area (Å²) in [5, 5.41) is 2.85. The topological polar surface area (TPSA) is 75.7 Å². The molecule has 8 heteroatoms. The molecule has 0 aromatic heterocycles. The van der Waals surface area contributed by atoms with E-state index in [1.54, 1.807) is 23.9 Å². The molecule has 1 saturated heterocycles. The first-order valence-electron chi connectivity index (χ1n) is 8.71. The molecule has 0 spiro atoms. The van der Waals surface area contributed by atoms with Crippen LogP contribution in [0.3, 0.4) is 0 Å². The summed E-state index contributed by atoms with van der Waals surface area (Å²) in [5.41, 5.74) is 0.445. The molecule has 1 fully saturated rings. The number of hydrogen-bond acceptors (Lipinski definition) is 5. The summed E-state index contributed by atoms with van der Waals surface area (Å²) in [6.45, 7) is 2.04. The second-order valence-electron chi connectivity index (χ2n) is 5.96. The van der Waals surface area contributed by atoms with Crippen molar-refractivity contribution >= 4 is 27.7 Å². The third kappa shape index (κ3) is 5.32. The van der Waals surface area contributed by atoms with Crippen molar-refractivity contribution < 1.29 is 17.9 Å². The fourth-order valence-corrected chi connectivity index (χ4v) is 4.86. The number of nitrogens with zero attached hydrogens (tertiary/aromatic N) is 1. The Morgan fingerprint density at radius 3 is 2.37 bits per heavy atom. The highest BCUT2D eigenvalue weighted by atomic mass is 32.2. The monoisotopic (exact) mass is 406 g/mol. The first-order valence-corrected chi connectivity index (χ1v) is 11.1. The largest absolute Gasteiger partial charge is 0.379 e. The van der Waals surface area contributed by atoms with E-state index >= 15 is 0 Å². The number of nitrogens with one attached hydrogen (secondary N) is 1. The van der Waals surface area contributed by atoms with Crippen molar-refractivity contribution in [3.63, 3.8) is 0 Å².